The van der Waals surface area contributed by atoms with Gasteiger partial charge in [-0.25, -0.2) is 0 Å². The lowest BCUT2D eigenvalue weighted by Gasteiger charge is -1.96. The Hall–Kier alpha value is -1.22. The van der Waals surface area contributed by atoms with Crippen LogP contribution in [0.3, 0.4) is 0 Å². The Balaban J connectivity index is 2.47. The van der Waals surface area contributed by atoms with Crippen molar-refractivity contribution in [2.75, 3.05) is 0 Å². The molecule has 66 valence electrons. The molecule has 1 aromatic heterocycles. The standard InChI is InChI=1S/C10H10N2S/c1-2-9-10(11-12-13-9)8-6-4-3-5-7-8/h3-7H,2H2,1H3. The predicted octanol–water partition coefficient (Wildman–Crippen LogP) is 2.77. The minimum Gasteiger partial charge on any atom is -0.138 e. The molecule has 2 rings (SSSR count). The van der Waals surface area contributed by atoms with Gasteiger partial charge in [0.15, 0.2) is 0 Å². The summed E-state index contributed by atoms with van der Waals surface area (Å²) in [6.07, 6.45) is 1.00. The first-order valence-electron chi connectivity index (χ1n) is 4.28. The van der Waals surface area contributed by atoms with Gasteiger partial charge in [0, 0.05) is 5.56 Å². The monoisotopic (exact) mass is 190 g/mol. The molecule has 2 nitrogen and oxygen atoms in total. The molecule has 0 radical (unpaired) electrons. The van der Waals surface area contributed by atoms with Crippen LogP contribution in [-0.4, -0.2) is 9.59 Å². The zero-order valence-electron chi connectivity index (χ0n) is 7.40. The second-order valence-corrected chi connectivity index (χ2v) is 3.60. The van der Waals surface area contributed by atoms with E-state index in [2.05, 4.69) is 28.6 Å². The van der Waals surface area contributed by atoms with Crippen LogP contribution in [0.5, 0.6) is 0 Å². The molecular weight excluding hydrogens is 180 g/mol. The van der Waals surface area contributed by atoms with E-state index in [0.29, 0.717) is 0 Å². The number of nitrogens with zero attached hydrogens (tertiary/aromatic N) is 2. The van der Waals surface area contributed by atoms with E-state index in [4.69, 9.17) is 0 Å². The van der Waals surface area contributed by atoms with Crippen LogP contribution in [0.1, 0.15) is 11.8 Å². The summed E-state index contributed by atoms with van der Waals surface area (Å²) in [7, 11) is 0. The van der Waals surface area contributed by atoms with E-state index in [1.807, 2.05) is 18.2 Å². The van der Waals surface area contributed by atoms with Gasteiger partial charge in [0.05, 0.1) is 4.88 Å². The maximum atomic E-state index is 4.13. The maximum absolute atomic E-state index is 4.13. The fourth-order valence-corrected chi connectivity index (χ4v) is 1.85. The van der Waals surface area contributed by atoms with E-state index >= 15 is 0 Å². The molecule has 0 atom stereocenters. The van der Waals surface area contributed by atoms with Gasteiger partial charge in [-0.1, -0.05) is 41.7 Å². The van der Waals surface area contributed by atoms with Crippen molar-refractivity contribution < 1.29 is 0 Å². The molecule has 13 heavy (non-hydrogen) atoms. The molecule has 0 bridgehead atoms. The third-order valence-electron chi connectivity index (χ3n) is 1.92. The summed E-state index contributed by atoms with van der Waals surface area (Å²) in [5.74, 6) is 0. The Kier molecular flexibility index (Phi) is 2.36. The molecule has 0 saturated heterocycles. The largest absolute Gasteiger partial charge is 0.138 e. The Morgan fingerprint density at radius 1 is 1.23 bits per heavy atom. The first-order valence-corrected chi connectivity index (χ1v) is 5.06. The number of hydrogen-bond donors (Lipinski definition) is 0. The molecule has 0 unspecified atom stereocenters. The van der Waals surface area contributed by atoms with Crippen LogP contribution < -0.4 is 0 Å². The molecule has 0 amide bonds. The van der Waals surface area contributed by atoms with Crippen LogP contribution in [0, 0.1) is 0 Å². The number of aryl methyl sites for hydroxylation is 1. The molecule has 0 aliphatic carbocycles. The first kappa shape index (κ1) is 8.38. The summed E-state index contributed by atoms with van der Waals surface area (Å²) in [5, 5.41) is 4.13. The van der Waals surface area contributed by atoms with Crippen molar-refractivity contribution in [3.8, 4) is 11.3 Å². The highest BCUT2D eigenvalue weighted by molar-refractivity contribution is 7.05. The van der Waals surface area contributed by atoms with Gasteiger partial charge < -0.3 is 0 Å². The van der Waals surface area contributed by atoms with Gasteiger partial charge in [-0.15, -0.1) is 5.10 Å². The lowest BCUT2D eigenvalue weighted by atomic mass is 10.1. The summed E-state index contributed by atoms with van der Waals surface area (Å²) < 4.78 is 3.96. The fourth-order valence-electron chi connectivity index (χ4n) is 1.26. The van der Waals surface area contributed by atoms with E-state index < -0.39 is 0 Å². The van der Waals surface area contributed by atoms with Crippen LogP contribution >= 0.6 is 11.5 Å². The van der Waals surface area contributed by atoms with Crippen molar-refractivity contribution in [1.82, 2.24) is 9.59 Å². The fraction of sp³-hybridized carbons (Fsp3) is 0.200. The van der Waals surface area contributed by atoms with Crippen molar-refractivity contribution in [3.63, 3.8) is 0 Å². The number of benzene rings is 1. The average molecular weight is 190 g/mol. The van der Waals surface area contributed by atoms with E-state index in [1.165, 1.54) is 16.4 Å². The van der Waals surface area contributed by atoms with Gasteiger partial charge in [-0.05, 0) is 18.0 Å². The first-order chi connectivity index (χ1) is 6.42. The van der Waals surface area contributed by atoms with Crippen molar-refractivity contribution in [1.29, 1.82) is 0 Å². The molecule has 0 aliphatic rings. The van der Waals surface area contributed by atoms with E-state index in [9.17, 15) is 0 Å². The van der Waals surface area contributed by atoms with Crippen LogP contribution in [0.2, 0.25) is 0 Å². The molecule has 3 heteroatoms. The van der Waals surface area contributed by atoms with E-state index in [0.717, 1.165) is 17.7 Å². The third-order valence-corrected chi connectivity index (χ3v) is 2.79. The van der Waals surface area contributed by atoms with Crippen LogP contribution in [0.25, 0.3) is 11.3 Å². The molecule has 0 saturated carbocycles. The lowest BCUT2D eigenvalue weighted by molar-refractivity contribution is 1.12. The molecule has 0 fully saturated rings. The number of rotatable bonds is 2. The predicted molar refractivity (Wildman–Crippen MR) is 54.7 cm³/mol. The second kappa shape index (κ2) is 3.66. The normalized spacial score (nSPS) is 10.2. The van der Waals surface area contributed by atoms with Gasteiger partial charge in [-0.2, -0.15) is 0 Å². The van der Waals surface area contributed by atoms with E-state index in [1.54, 1.807) is 0 Å². The summed E-state index contributed by atoms with van der Waals surface area (Å²) in [5.41, 5.74) is 2.20. The topological polar surface area (TPSA) is 25.8 Å². The van der Waals surface area contributed by atoms with Gasteiger partial charge in [0.25, 0.3) is 0 Å². The summed E-state index contributed by atoms with van der Waals surface area (Å²) >= 11 is 1.48. The smallest absolute Gasteiger partial charge is 0.109 e. The second-order valence-electron chi connectivity index (χ2n) is 2.76. The van der Waals surface area contributed by atoms with Gasteiger partial charge >= 0.3 is 0 Å². The molecular formula is C10H10N2S. The van der Waals surface area contributed by atoms with Crippen molar-refractivity contribution in [3.05, 3.63) is 35.2 Å². The Labute approximate surface area is 81.4 Å². The van der Waals surface area contributed by atoms with Gasteiger partial charge in [0.1, 0.15) is 5.69 Å². The zero-order valence-corrected chi connectivity index (χ0v) is 8.21. The lowest BCUT2D eigenvalue weighted by Crippen LogP contribution is -1.82. The molecule has 2 aromatic rings. The van der Waals surface area contributed by atoms with E-state index in [-0.39, 0.29) is 0 Å². The molecule has 1 aromatic carbocycles. The highest BCUT2D eigenvalue weighted by atomic mass is 32.1. The Morgan fingerprint density at radius 2 is 2.00 bits per heavy atom. The minimum atomic E-state index is 1.00. The van der Waals surface area contributed by atoms with Crippen LogP contribution in [-0.2, 0) is 6.42 Å². The number of hydrogen-bond acceptors (Lipinski definition) is 3. The van der Waals surface area contributed by atoms with Crippen molar-refractivity contribution in [2.45, 2.75) is 13.3 Å². The SMILES string of the molecule is CCc1snnc1-c1ccccc1. The summed E-state index contributed by atoms with van der Waals surface area (Å²) in [6, 6.07) is 10.2. The third kappa shape index (κ3) is 1.60. The molecule has 0 N–H and O–H groups in total. The van der Waals surface area contributed by atoms with Gasteiger partial charge in [-0.3, -0.25) is 0 Å². The number of aromatic nitrogens is 2. The maximum Gasteiger partial charge on any atom is 0.109 e. The Bertz CT molecular complexity index is 381. The highest BCUT2D eigenvalue weighted by Gasteiger charge is 2.06. The average Bonchev–Trinajstić information content (AvgIpc) is 2.67. The van der Waals surface area contributed by atoms with Crippen LogP contribution in [0.15, 0.2) is 30.3 Å². The quantitative estimate of drug-likeness (QED) is 0.727. The molecule has 1 heterocycles. The zero-order chi connectivity index (χ0) is 9.10. The summed E-state index contributed by atoms with van der Waals surface area (Å²) in [4.78, 5) is 1.26. The molecule has 0 aliphatic heterocycles. The van der Waals surface area contributed by atoms with Crippen molar-refractivity contribution in [2.24, 2.45) is 0 Å². The molecule has 0 spiro atoms. The Morgan fingerprint density at radius 3 is 2.69 bits per heavy atom. The van der Waals surface area contributed by atoms with Crippen LogP contribution in [0.4, 0.5) is 0 Å². The minimum absolute atomic E-state index is 1.00. The van der Waals surface area contributed by atoms with Gasteiger partial charge in [0.2, 0.25) is 0 Å². The van der Waals surface area contributed by atoms with Crippen molar-refractivity contribution >= 4 is 11.5 Å². The highest BCUT2D eigenvalue weighted by Crippen LogP contribution is 2.23. The summed E-state index contributed by atoms with van der Waals surface area (Å²) in [6.45, 7) is 2.13.